The molecule has 0 saturated carbocycles. The van der Waals surface area contributed by atoms with Gasteiger partial charge in [0.2, 0.25) is 0 Å². The van der Waals surface area contributed by atoms with Crippen molar-refractivity contribution in [3.05, 3.63) is 42.0 Å². The summed E-state index contributed by atoms with van der Waals surface area (Å²) in [5.74, 6) is 0. The van der Waals surface area contributed by atoms with E-state index < -0.39 is 0 Å². The number of nitriles is 1. The molecule has 3 heteroatoms. The van der Waals surface area contributed by atoms with Gasteiger partial charge in [-0.15, -0.1) is 0 Å². The van der Waals surface area contributed by atoms with Crippen LogP contribution in [0.15, 0.2) is 36.4 Å². The van der Waals surface area contributed by atoms with E-state index in [0.29, 0.717) is 6.54 Å². The van der Waals surface area contributed by atoms with Crippen molar-refractivity contribution in [2.45, 2.75) is 6.42 Å². The Labute approximate surface area is 107 Å². The summed E-state index contributed by atoms with van der Waals surface area (Å²) in [4.78, 5) is 2.19. The number of hydrogen-bond acceptors (Lipinski definition) is 3. The van der Waals surface area contributed by atoms with E-state index in [0.717, 1.165) is 35.0 Å². The molecule has 0 aromatic heterocycles. The van der Waals surface area contributed by atoms with Gasteiger partial charge >= 0.3 is 0 Å². The predicted molar refractivity (Wildman–Crippen MR) is 75.6 cm³/mol. The summed E-state index contributed by atoms with van der Waals surface area (Å²) in [5.41, 5.74) is 7.42. The highest BCUT2D eigenvalue weighted by molar-refractivity contribution is 5.97. The van der Waals surface area contributed by atoms with Crippen LogP contribution < -0.4 is 10.6 Å². The van der Waals surface area contributed by atoms with Gasteiger partial charge in [-0.3, -0.25) is 0 Å². The fourth-order valence-corrected chi connectivity index (χ4v) is 2.16. The average molecular weight is 239 g/mol. The molecule has 2 aromatic carbocycles. The minimum atomic E-state index is 0.693. The van der Waals surface area contributed by atoms with Gasteiger partial charge in [-0.25, -0.2) is 0 Å². The van der Waals surface area contributed by atoms with Crippen molar-refractivity contribution in [2.75, 3.05) is 25.0 Å². The normalized spacial score (nSPS) is 10.3. The van der Waals surface area contributed by atoms with Gasteiger partial charge in [0.25, 0.3) is 0 Å². The van der Waals surface area contributed by atoms with Crippen LogP contribution in [0.3, 0.4) is 0 Å². The lowest BCUT2D eigenvalue weighted by Gasteiger charge is -2.21. The second-order valence-electron chi connectivity index (χ2n) is 4.35. The van der Waals surface area contributed by atoms with Crippen LogP contribution in [0, 0.1) is 11.3 Å². The van der Waals surface area contributed by atoms with Crippen molar-refractivity contribution in [1.29, 1.82) is 5.26 Å². The van der Waals surface area contributed by atoms with E-state index in [1.54, 1.807) is 0 Å². The van der Waals surface area contributed by atoms with Crippen molar-refractivity contribution in [2.24, 2.45) is 5.73 Å². The quantitative estimate of drug-likeness (QED) is 0.891. The molecule has 0 unspecified atom stereocenters. The number of rotatable bonds is 4. The first-order valence-electron chi connectivity index (χ1n) is 6.11. The van der Waals surface area contributed by atoms with E-state index in [1.165, 1.54) is 0 Å². The molecule has 0 spiro atoms. The first-order chi connectivity index (χ1) is 8.77. The van der Waals surface area contributed by atoms with Crippen LogP contribution in [-0.4, -0.2) is 20.1 Å². The Hall–Kier alpha value is -2.05. The Morgan fingerprint density at radius 3 is 2.56 bits per heavy atom. The molecule has 0 aliphatic heterocycles. The predicted octanol–water partition coefficient (Wildman–Crippen LogP) is 2.50. The lowest BCUT2D eigenvalue weighted by molar-refractivity contribution is 0.797. The summed E-state index contributed by atoms with van der Waals surface area (Å²) in [7, 11) is 2.06. The highest BCUT2D eigenvalue weighted by Gasteiger charge is 2.08. The zero-order valence-corrected chi connectivity index (χ0v) is 10.6. The lowest BCUT2D eigenvalue weighted by Crippen LogP contribution is -2.21. The Morgan fingerprint density at radius 2 is 1.89 bits per heavy atom. The molecule has 0 amide bonds. The molecule has 92 valence electrons. The van der Waals surface area contributed by atoms with Crippen LogP contribution in [0.5, 0.6) is 0 Å². The van der Waals surface area contributed by atoms with Crippen LogP contribution in [-0.2, 0) is 0 Å². The van der Waals surface area contributed by atoms with Gasteiger partial charge in [0.1, 0.15) is 0 Å². The number of anilines is 1. The van der Waals surface area contributed by atoms with Gasteiger partial charge in [0.15, 0.2) is 0 Å². The maximum absolute atomic E-state index is 9.13. The molecule has 0 aliphatic carbocycles. The molecule has 2 N–H and O–H groups in total. The van der Waals surface area contributed by atoms with Crippen LogP contribution in [0.2, 0.25) is 0 Å². The summed E-state index contributed by atoms with van der Waals surface area (Å²) < 4.78 is 0. The van der Waals surface area contributed by atoms with Gasteiger partial charge in [-0.2, -0.15) is 5.26 Å². The van der Waals surface area contributed by atoms with Crippen LogP contribution in [0.1, 0.15) is 12.0 Å². The highest BCUT2D eigenvalue weighted by Crippen LogP contribution is 2.28. The maximum atomic E-state index is 9.13. The lowest BCUT2D eigenvalue weighted by atomic mass is 10.0. The zero-order valence-electron chi connectivity index (χ0n) is 10.6. The SMILES string of the molecule is CN(CCCN)c1ccc(C#N)c2ccccc12. The van der Waals surface area contributed by atoms with Gasteiger partial charge < -0.3 is 10.6 Å². The third-order valence-corrected chi connectivity index (χ3v) is 3.13. The maximum Gasteiger partial charge on any atom is 0.0998 e. The molecule has 0 heterocycles. The van der Waals surface area contributed by atoms with Gasteiger partial charge in [0, 0.05) is 30.1 Å². The topological polar surface area (TPSA) is 53.0 Å². The smallest absolute Gasteiger partial charge is 0.0998 e. The Morgan fingerprint density at radius 1 is 1.17 bits per heavy atom. The van der Waals surface area contributed by atoms with Crippen molar-refractivity contribution >= 4 is 16.5 Å². The summed E-state index contributed by atoms with van der Waals surface area (Å²) in [6.45, 7) is 1.62. The number of fused-ring (bicyclic) bond motifs is 1. The molecule has 0 atom stereocenters. The van der Waals surface area contributed by atoms with Gasteiger partial charge in [-0.1, -0.05) is 24.3 Å². The summed E-state index contributed by atoms with van der Waals surface area (Å²) in [6, 6.07) is 14.2. The summed E-state index contributed by atoms with van der Waals surface area (Å²) >= 11 is 0. The Bertz CT molecular complexity index is 584. The van der Waals surface area contributed by atoms with E-state index in [-0.39, 0.29) is 0 Å². The summed E-state index contributed by atoms with van der Waals surface area (Å²) in [6.07, 6.45) is 0.963. The Balaban J connectivity index is 2.50. The second-order valence-corrected chi connectivity index (χ2v) is 4.35. The highest BCUT2D eigenvalue weighted by atomic mass is 15.1. The third-order valence-electron chi connectivity index (χ3n) is 3.13. The Kier molecular flexibility index (Phi) is 3.81. The van der Waals surface area contributed by atoms with Crippen LogP contribution >= 0.6 is 0 Å². The number of benzene rings is 2. The molecule has 3 nitrogen and oxygen atoms in total. The largest absolute Gasteiger partial charge is 0.374 e. The number of nitrogens with two attached hydrogens (primary N) is 1. The van der Waals surface area contributed by atoms with E-state index in [9.17, 15) is 0 Å². The fourth-order valence-electron chi connectivity index (χ4n) is 2.16. The summed E-state index contributed by atoms with van der Waals surface area (Å²) in [5, 5.41) is 11.3. The first kappa shape index (κ1) is 12.4. The number of nitrogens with zero attached hydrogens (tertiary/aromatic N) is 2. The molecular formula is C15H17N3. The number of hydrogen-bond donors (Lipinski definition) is 1. The standard InChI is InChI=1S/C15H17N3/c1-18(10-4-9-16)15-8-7-12(11-17)13-5-2-3-6-14(13)15/h2-3,5-8H,4,9-10,16H2,1H3. The monoisotopic (exact) mass is 239 g/mol. The molecular weight excluding hydrogens is 222 g/mol. The zero-order chi connectivity index (χ0) is 13.0. The van der Waals surface area contributed by atoms with Gasteiger partial charge in [-0.05, 0) is 25.1 Å². The second kappa shape index (κ2) is 5.52. The van der Waals surface area contributed by atoms with Crippen LogP contribution in [0.4, 0.5) is 5.69 Å². The first-order valence-corrected chi connectivity index (χ1v) is 6.11. The van der Waals surface area contributed by atoms with E-state index in [2.05, 4.69) is 24.1 Å². The van der Waals surface area contributed by atoms with Crippen LogP contribution in [0.25, 0.3) is 10.8 Å². The minimum absolute atomic E-state index is 0.693. The molecule has 2 aromatic rings. The van der Waals surface area contributed by atoms with Gasteiger partial charge in [0.05, 0.1) is 11.6 Å². The van der Waals surface area contributed by atoms with E-state index >= 15 is 0 Å². The average Bonchev–Trinajstić information content (AvgIpc) is 2.43. The molecule has 0 aliphatic rings. The van der Waals surface area contributed by atoms with Crippen molar-refractivity contribution in [3.8, 4) is 6.07 Å². The van der Waals surface area contributed by atoms with Crippen molar-refractivity contribution in [1.82, 2.24) is 0 Å². The molecule has 0 bridgehead atoms. The molecule has 0 fully saturated rings. The molecule has 0 saturated heterocycles. The minimum Gasteiger partial charge on any atom is -0.374 e. The third kappa shape index (κ3) is 2.29. The van der Waals surface area contributed by atoms with Crippen molar-refractivity contribution < 1.29 is 0 Å². The molecule has 0 radical (unpaired) electrons. The van der Waals surface area contributed by atoms with E-state index in [4.69, 9.17) is 11.0 Å². The molecule has 18 heavy (non-hydrogen) atoms. The molecule has 2 rings (SSSR count). The fraction of sp³-hybridized carbons (Fsp3) is 0.267. The van der Waals surface area contributed by atoms with E-state index in [1.807, 2.05) is 30.3 Å². The van der Waals surface area contributed by atoms with Crippen molar-refractivity contribution in [3.63, 3.8) is 0 Å².